The van der Waals surface area contributed by atoms with Crippen molar-refractivity contribution >= 4 is 0 Å². The van der Waals surface area contributed by atoms with Crippen molar-refractivity contribution in [2.45, 2.75) is 46.1 Å². The number of likely N-dealkylation sites (N-methyl/N-ethyl adjacent to an activating group) is 1. The van der Waals surface area contributed by atoms with Crippen LogP contribution in [0.2, 0.25) is 0 Å². The first-order chi connectivity index (χ1) is 15.9. The van der Waals surface area contributed by atoms with Gasteiger partial charge in [0.25, 0.3) is 0 Å². The second-order valence-corrected chi connectivity index (χ2v) is 8.68. The van der Waals surface area contributed by atoms with E-state index in [4.69, 9.17) is 24.2 Å². The van der Waals surface area contributed by atoms with Crippen molar-refractivity contribution in [3.05, 3.63) is 47.5 Å². The number of ether oxygens (including phenoxy) is 4. The summed E-state index contributed by atoms with van der Waals surface area (Å²) in [6.45, 7) is 8.87. The van der Waals surface area contributed by atoms with Gasteiger partial charge in [-0.15, -0.1) is 0 Å². The van der Waals surface area contributed by atoms with Crippen molar-refractivity contribution in [2.24, 2.45) is 5.92 Å². The summed E-state index contributed by atoms with van der Waals surface area (Å²) < 4.78 is 23.3. The molecule has 0 radical (unpaired) electrons. The van der Waals surface area contributed by atoms with Crippen molar-refractivity contribution in [3.63, 3.8) is 0 Å². The Bertz CT molecular complexity index is 907. The zero-order chi connectivity index (χ0) is 24.2. The Morgan fingerprint density at radius 2 is 1.79 bits per heavy atom. The number of nitrogens with zero attached hydrogens (tertiary/aromatic N) is 2. The van der Waals surface area contributed by atoms with Crippen molar-refractivity contribution in [1.82, 2.24) is 4.90 Å². The van der Waals surface area contributed by atoms with E-state index in [0.29, 0.717) is 36.2 Å². The summed E-state index contributed by atoms with van der Waals surface area (Å²) in [6, 6.07) is 14.0. The summed E-state index contributed by atoms with van der Waals surface area (Å²) in [5, 5.41) is 9.10. The highest BCUT2D eigenvalue weighted by Crippen LogP contribution is 2.40. The quantitative estimate of drug-likeness (QED) is 0.387. The lowest BCUT2D eigenvalue weighted by atomic mass is 10.0. The summed E-state index contributed by atoms with van der Waals surface area (Å²) in [7, 11) is 5.31. The first-order valence-corrected chi connectivity index (χ1v) is 11.5. The lowest BCUT2D eigenvalue weighted by Crippen LogP contribution is -2.28. The molecule has 1 unspecified atom stereocenters. The maximum Gasteiger partial charge on any atom is 0.203 e. The molecule has 0 aromatic heterocycles. The third-order valence-corrected chi connectivity index (χ3v) is 5.57. The Hall–Kier alpha value is -2.91. The third-order valence-electron chi connectivity index (χ3n) is 5.57. The Kier molecular flexibility index (Phi) is 10.9. The van der Waals surface area contributed by atoms with E-state index in [1.807, 2.05) is 24.3 Å². The molecule has 2 aromatic rings. The Balaban J connectivity index is 1.90. The number of rotatable bonds is 14. The summed E-state index contributed by atoms with van der Waals surface area (Å²) in [5.41, 5.74) is 2.05. The molecule has 0 saturated heterocycles. The van der Waals surface area contributed by atoms with Crippen molar-refractivity contribution < 1.29 is 18.9 Å². The van der Waals surface area contributed by atoms with E-state index < -0.39 is 0 Å². The minimum absolute atomic E-state index is 0.0258. The smallest absolute Gasteiger partial charge is 0.203 e. The van der Waals surface area contributed by atoms with Crippen molar-refractivity contribution in [1.29, 1.82) is 5.26 Å². The van der Waals surface area contributed by atoms with Gasteiger partial charge >= 0.3 is 0 Å². The van der Waals surface area contributed by atoms with Crippen LogP contribution in [0.1, 0.15) is 37.8 Å². The van der Waals surface area contributed by atoms with E-state index in [0.717, 1.165) is 37.2 Å². The molecule has 2 aromatic carbocycles. The lowest BCUT2D eigenvalue weighted by molar-refractivity contribution is 0.128. The number of benzene rings is 2. The van der Waals surface area contributed by atoms with Gasteiger partial charge in [-0.2, -0.15) is 5.26 Å². The largest absolute Gasteiger partial charge is 0.493 e. The molecule has 0 aliphatic heterocycles. The number of methoxy groups -OCH3 is 2. The number of hydrogen-bond donors (Lipinski definition) is 0. The standard InChI is InChI=1S/C27H38N2O4/c1-20(2)24(33-26-19-22(12-13-28)18-25(30-5)27(26)31-6)11-8-14-29(4)15-16-32-23-10-7-9-21(3)17-23/h7,9-10,17-20,24H,8,11-12,14-16H2,1-6H3. The molecular weight excluding hydrogens is 416 g/mol. The van der Waals surface area contributed by atoms with Gasteiger partial charge in [-0.1, -0.05) is 26.0 Å². The molecule has 2 rings (SSSR count). The van der Waals surface area contributed by atoms with Gasteiger partial charge < -0.3 is 23.8 Å². The molecule has 0 fully saturated rings. The molecule has 0 aliphatic carbocycles. The maximum absolute atomic E-state index is 9.10. The van der Waals surface area contributed by atoms with Crippen molar-refractivity contribution in [3.8, 4) is 29.1 Å². The highest BCUT2D eigenvalue weighted by molar-refractivity contribution is 5.54. The van der Waals surface area contributed by atoms with Gasteiger partial charge in [0, 0.05) is 6.54 Å². The second-order valence-electron chi connectivity index (χ2n) is 8.68. The summed E-state index contributed by atoms with van der Waals surface area (Å²) >= 11 is 0. The van der Waals surface area contributed by atoms with Crippen LogP contribution < -0.4 is 18.9 Å². The average molecular weight is 455 g/mol. The molecule has 0 amide bonds. The number of nitriles is 1. The molecule has 1 atom stereocenters. The Labute approximate surface area is 199 Å². The van der Waals surface area contributed by atoms with E-state index >= 15 is 0 Å². The van der Waals surface area contributed by atoms with E-state index in [1.54, 1.807) is 14.2 Å². The number of aryl methyl sites for hydroxylation is 1. The average Bonchev–Trinajstić information content (AvgIpc) is 2.78. The molecule has 180 valence electrons. The minimum atomic E-state index is 0.0258. The highest BCUT2D eigenvalue weighted by atomic mass is 16.5. The zero-order valence-electron chi connectivity index (χ0n) is 20.9. The fourth-order valence-electron chi connectivity index (χ4n) is 3.65. The maximum atomic E-state index is 9.10. The minimum Gasteiger partial charge on any atom is -0.493 e. The van der Waals surface area contributed by atoms with Gasteiger partial charge in [-0.05, 0) is 74.7 Å². The molecule has 0 aliphatic rings. The van der Waals surface area contributed by atoms with Gasteiger partial charge in [0.05, 0.1) is 26.7 Å². The summed E-state index contributed by atoms with van der Waals surface area (Å²) in [5.74, 6) is 3.02. The van der Waals surface area contributed by atoms with E-state index in [2.05, 4.69) is 50.9 Å². The first-order valence-electron chi connectivity index (χ1n) is 11.5. The zero-order valence-corrected chi connectivity index (χ0v) is 20.9. The van der Waals surface area contributed by atoms with E-state index in [-0.39, 0.29) is 6.10 Å². The van der Waals surface area contributed by atoms with Crippen LogP contribution >= 0.6 is 0 Å². The molecule has 33 heavy (non-hydrogen) atoms. The molecule has 0 spiro atoms. The molecule has 0 saturated carbocycles. The van der Waals surface area contributed by atoms with Gasteiger partial charge in [-0.3, -0.25) is 0 Å². The van der Waals surface area contributed by atoms with Gasteiger partial charge in [0.2, 0.25) is 5.75 Å². The molecule has 6 nitrogen and oxygen atoms in total. The highest BCUT2D eigenvalue weighted by Gasteiger charge is 2.21. The van der Waals surface area contributed by atoms with Crippen LogP contribution in [0.4, 0.5) is 0 Å². The predicted molar refractivity (Wildman–Crippen MR) is 132 cm³/mol. The number of hydrogen-bond acceptors (Lipinski definition) is 6. The second kappa shape index (κ2) is 13.6. The van der Waals surface area contributed by atoms with Crippen LogP contribution in [0.25, 0.3) is 0 Å². The Morgan fingerprint density at radius 3 is 2.42 bits per heavy atom. The van der Waals surface area contributed by atoms with Crippen molar-refractivity contribution in [2.75, 3.05) is 41.0 Å². The molecule has 0 bridgehead atoms. The first kappa shape index (κ1) is 26.3. The monoisotopic (exact) mass is 454 g/mol. The molecule has 0 heterocycles. The predicted octanol–water partition coefficient (Wildman–Crippen LogP) is 5.27. The molecule has 6 heteroatoms. The van der Waals surface area contributed by atoms with E-state index in [9.17, 15) is 0 Å². The van der Waals surface area contributed by atoms with Crippen LogP contribution in [0.3, 0.4) is 0 Å². The van der Waals surface area contributed by atoms with Crippen LogP contribution in [-0.4, -0.2) is 52.0 Å². The summed E-state index contributed by atoms with van der Waals surface area (Å²) in [4.78, 5) is 2.28. The van der Waals surface area contributed by atoms with Crippen LogP contribution in [-0.2, 0) is 6.42 Å². The molecule has 0 N–H and O–H groups in total. The van der Waals surface area contributed by atoms with Crippen LogP contribution in [0, 0.1) is 24.2 Å². The fraction of sp³-hybridized carbons (Fsp3) is 0.519. The van der Waals surface area contributed by atoms with Gasteiger partial charge in [-0.25, -0.2) is 0 Å². The fourth-order valence-corrected chi connectivity index (χ4v) is 3.65. The Morgan fingerprint density at radius 1 is 1.03 bits per heavy atom. The van der Waals surface area contributed by atoms with Crippen LogP contribution in [0.5, 0.6) is 23.0 Å². The SMILES string of the molecule is COc1cc(CC#N)cc(OC(CCCN(C)CCOc2cccc(C)c2)C(C)C)c1OC. The third kappa shape index (κ3) is 8.51. The van der Waals surface area contributed by atoms with E-state index in [1.165, 1.54) is 5.56 Å². The summed E-state index contributed by atoms with van der Waals surface area (Å²) in [6.07, 6.45) is 2.23. The molecular formula is C27H38N2O4. The van der Waals surface area contributed by atoms with Crippen LogP contribution in [0.15, 0.2) is 36.4 Å². The van der Waals surface area contributed by atoms with Gasteiger partial charge in [0.1, 0.15) is 18.5 Å². The normalized spacial score (nSPS) is 11.8. The lowest BCUT2D eigenvalue weighted by Gasteiger charge is -2.26. The topological polar surface area (TPSA) is 64.0 Å². The van der Waals surface area contributed by atoms with Gasteiger partial charge in [0.15, 0.2) is 11.5 Å².